The number of fused-ring (bicyclic) bond motifs is 2. The van der Waals surface area contributed by atoms with Crippen LogP contribution in [-0.4, -0.2) is 24.0 Å². The smallest absolute Gasteiger partial charge is 0.367 e. The zero-order valence-corrected chi connectivity index (χ0v) is 19.8. The molecule has 0 saturated heterocycles. The van der Waals surface area contributed by atoms with Gasteiger partial charge in [0.25, 0.3) is 5.91 Å². The molecule has 1 aliphatic heterocycles. The minimum absolute atomic E-state index is 0.00627. The highest BCUT2D eigenvalue weighted by Crippen LogP contribution is 2.38. The number of hydrogen-bond donors (Lipinski definition) is 2. The highest BCUT2D eigenvalue weighted by molar-refractivity contribution is 6.30. The van der Waals surface area contributed by atoms with Crippen molar-refractivity contribution in [2.24, 2.45) is 0 Å². The fourth-order valence-electron chi connectivity index (χ4n) is 5.03. The van der Waals surface area contributed by atoms with Crippen LogP contribution in [0, 0.1) is 6.92 Å². The standard InChI is InChI=1S/C26H24ClF3N4O/c1-15-20(25(35)33-22-9-6-16-4-2-3-5-19(16)22)13-32-24-23(15)34(11-10-31-24)14-17-12-18(27)7-8-21(17)26(28,29)30/h2-5,7-8,12-13,22H,6,9-11,14H2,1H3,(H,31,32)(H,33,35). The van der Waals surface area contributed by atoms with E-state index in [-0.39, 0.29) is 29.1 Å². The molecule has 0 spiro atoms. The minimum Gasteiger partial charge on any atom is -0.367 e. The molecule has 1 unspecified atom stereocenters. The van der Waals surface area contributed by atoms with Gasteiger partial charge in [-0.1, -0.05) is 35.9 Å². The number of rotatable bonds is 4. The third-order valence-electron chi connectivity index (χ3n) is 6.71. The molecule has 5 rings (SSSR count). The van der Waals surface area contributed by atoms with E-state index >= 15 is 0 Å². The van der Waals surface area contributed by atoms with Crippen molar-refractivity contribution in [2.45, 2.75) is 38.5 Å². The Kier molecular flexibility index (Phi) is 6.09. The molecule has 1 aliphatic carbocycles. The van der Waals surface area contributed by atoms with Crippen molar-refractivity contribution in [2.75, 3.05) is 23.3 Å². The van der Waals surface area contributed by atoms with Gasteiger partial charge in [0.1, 0.15) is 5.82 Å². The molecule has 2 heterocycles. The van der Waals surface area contributed by atoms with Gasteiger partial charge < -0.3 is 15.5 Å². The van der Waals surface area contributed by atoms with E-state index in [4.69, 9.17) is 11.6 Å². The molecule has 182 valence electrons. The molecule has 2 N–H and O–H groups in total. The van der Waals surface area contributed by atoms with Gasteiger partial charge in [-0.25, -0.2) is 4.98 Å². The largest absolute Gasteiger partial charge is 0.416 e. The first kappa shape index (κ1) is 23.5. The van der Waals surface area contributed by atoms with Crippen LogP contribution < -0.4 is 15.5 Å². The van der Waals surface area contributed by atoms with Gasteiger partial charge in [-0.3, -0.25) is 4.79 Å². The van der Waals surface area contributed by atoms with Gasteiger partial charge in [-0.15, -0.1) is 0 Å². The van der Waals surface area contributed by atoms with Gasteiger partial charge in [0.15, 0.2) is 0 Å². The second-order valence-corrected chi connectivity index (χ2v) is 9.34. The quantitative estimate of drug-likeness (QED) is 0.467. The van der Waals surface area contributed by atoms with Gasteiger partial charge in [-0.2, -0.15) is 13.2 Å². The van der Waals surface area contributed by atoms with E-state index in [1.807, 2.05) is 23.1 Å². The maximum absolute atomic E-state index is 13.6. The van der Waals surface area contributed by atoms with E-state index in [1.54, 1.807) is 6.92 Å². The first-order chi connectivity index (χ1) is 16.7. The molecule has 0 radical (unpaired) electrons. The van der Waals surface area contributed by atoms with E-state index in [1.165, 1.54) is 23.9 Å². The monoisotopic (exact) mass is 500 g/mol. The second-order valence-electron chi connectivity index (χ2n) is 8.91. The van der Waals surface area contributed by atoms with Crippen LogP contribution >= 0.6 is 11.6 Å². The molecule has 1 amide bonds. The zero-order valence-electron chi connectivity index (χ0n) is 19.0. The Morgan fingerprint density at radius 1 is 1.26 bits per heavy atom. The number of carbonyl (C=O) groups excluding carboxylic acids is 1. The molecule has 1 atom stereocenters. The first-order valence-electron chi connectivity index (χ1n) is 11.4. The number of pyridine rings is 1. The van der Waals surface area contributed by atoms with Gasteiger partial charge in [-0.05, 0) is 60.2 Å². The predicted molar refractivity (Wildman–Crippen MR) is 130 cm³/mol. The number of benzene rings is 2. The van der Waals surface area contributed by atoms with Gasteiger partial charge in [0.05, 0.1) is 22.9 Å². The van der Waals surface area contributed by atoms with Crippen molar-refractivity contribution in [1.29, 1.82) is 0 Å². The number of aryl methyl sites for hydroxylation is 1. The Balaban J connectivity index is 1.45. The first-order valence-corrected chi connectivity index (χ1v) is 11.8. The molecule has 2 aliphatic rings. The summed E-state index contributed by atoms with van der Waals surface area (Å²) in [4.78, 5) is 19.5. The lowest BCUT2D eigenvalue weighted by molar-refractivity contribution is -0.138. The Bertz CT molecular complexity index is 1290. The minimum atomic E-state index is -4.50. The van der Waals surface area contributed by atoms with Crippen molar-refractivity contribution < 1.29 is 18.0 Å². The molecule has 1 aromatic heterocycles. The van der Waals surface area contributed by atoms with Crippen molar-refractivity contribution in [1.82, 2.24) is 10.3 Å². The number of anilines is 2. The average Bonchev–Trinajstić information content (AvgIpc) is 3.21. The van der Waals surface area contributed by atoms with Crippen molar-refractivity contribution >= 4 is 29.0 Å². The van der Waals surface area contributed by atoms with Crippen LogP contribution in [0.3, 0.4) is 0 Å². The summed E-state index contributed by atoms with van der Waals surface area (Å²) in [6.07, 6.45) is -1.24. The van der Waals surface area contributed by atoms with E-state index in [0.717, 1.165) is 24.5 Å². The van der Waals surface area contributed by atoms with Crippen LogP contribution in [0.4, 0.5) is 24.7 Å². The lowest BCUT2D eigenvalue weighted by atomic mass is 10.0. The Labute approximate surface area is 206 Å². The van der Waals surface area contributed by atoms with Gasteiger partial charge in [0, 0.05) is 30.9 Å². The number of nitrogens with one attached hydrogen (secondary N) is 2. The number of amides is 1. The number of alkyl halides is 3. The molecule has 0 fully saturated rings. The summed E-state index contributed by atoms with van der Waals surface area (Å²) in [6, 6.07) is 11.6. The molecule has 3 aromatic rings. The van der Waals surface area contributed by atoms with Crippen molar-refractivity contribution in [3.63, 3.8) is 0 Å². The predicted octanol–water partition coefficient (Wildman–Crippen LogP) is 5.91. The molecule has 5 nitrogen and oxygen atoms in total. The summed E-state index contributed by atoms with van der Waals surface area (Å²) in [5, 5.41) is 6.55. The molecular weight excluding hydrogens is 477 g/mol. The summed E-state index contributed by atoms with van der Waals surface area (Å²) >= 11 is 6.04. The summed E-state index contributed by atoms with van der Waals surface area (Å²) < 4.78 is 40.9. The summed E-state index contributed by atoms with van der Waals surface area (Å²) in [7, 11) is 0. The van der Waals surface area contributed by atoms with Crippen LogP contribution in [0.5, 0.6) is 0 Å². The maximum Gasteiger partial charge on any atom is 0.416 e. The number of aromatic nitrogens is 1. The number of halogens is 4. The van der Waals surface area contributed by atoms with Crippen LogP contribution in [0.2, 0.25) is 5.02 Å². The molecular formula is C26H24ClF3N4O. The van der Waals surface area contributed by atoms with Crippen LogP contribution in [0.1, 0.15) is 50.6 Å². The molecule has 9 heteroatoms. The average molecular weight is 501 g/mol. The van der Waals surface area contributed by atoms with Crippen LogP contribution in [-0.2, 0) is 19.1 Å². The van der Waals surface area contributed by atoms with Crippen molar-refractivity contribution in [3.05, 3.63) is 87.1 Å². The highest BCUT2D eigenvalue weighted by atomic mass is 35.5. The van der Waals surface area contributed by atoms with E-state index < -0.39 is 11.7 Å². The second kappa shape index (κ2) is 9.07. The van der Waals surface area contributed by atoms with E-state index in [9.17, 15) is 18.0 Å². The molecule has 2 aromatic carbocycles. The van der Waals surface area contributed by atoms with E-state index in [2.05, 4.69) is 21.7 Å². The molecule has 0 bridgehead atoms. The number of carbonyl (C=O) groups is 1. The fraction of sp³-hybridized carbons (Fsp3) is 0.308. The lowest BCUT2D eigenvalue weighted by Crippen LogP contribution is -2.36. The van der Waals surface area contributed by atoms with Gasteiger partial charge in [0.2, 0.25) is 0 Å². The Morgan fingerprint density at radius 2 is 2.06 bits per heavy atom. The molecule has 0 saturated carbocycles. The Hall–Kier alpha value is -3.26. The van der Waals surface area contributed by atoms with Crippen LogP contribution in [0.25, 0.3) is 0 Å². The van der Waals surface area contributed by atoms with Crippen molar-refractivity contribution in [3.8, 4) is 0 Å². The topological polar surface area (TPSA) is 57.3 Å². The molecule has 35 heavy (non-hydrogen) atoms. The number of nitrogens with zero attached hydrogens (tertiary/aromatic N) is 2. The summed E-state index contributed by atoms with van der Waals surface area (Å²) in [5.74, 6) is 0.302. The van der Waals surface area contributed by atoms with Crippen LogP contribution in [0.15, 0.2) is 48.7 Å². The Morgan fingerprint density at radius 3 is 2.86 bits per heavy atom. The zero-order chi connectivity index (χ0) is 24.7. The fourth-order valence-corrected chi connectivity index (χ4v) is 5.23. The van der Waals surface area contributed by atoms with Gasteiger partial charge >= 0.3 is 6.18 Å². The van der Waals surface area contributed by atoms with E-state index in [0.29, 0.717) is 35.7 Å². The summed E-state index contributed by atoms with van der Waals surface area (Å²) in [5.41, 5.74) is 3.41. The SMILES string of the molecule is Cc1c(C(=O)NC2CCc3ccccc32)cnc2c1N(Cc1cc(Cl)ccc1C(F)(F)F)CCN2. The normalized spacial score (nSPS) is 16.9. The third-order valence-corrected chi connectivity index (χ3v) is 6.95. The summed E-state index contributed by atoms with van der Waals surface area (Å²) in [6.45, 7) is 2.78. The lowest BCUT2D eigenvalue weighted by Gasteiger charge is -2.34. The number of hydrogen-bond acceptors (Lipinski definition) is 4. The highest BCUT2D eigenvalue weighted by Gasteiger charge is 2.34. The maximum atomic E-state index is 13.6. The third kappa shape index (κ3) is 4.55.